The number of amides is 1. The average molecular weight is 455 g/mol. The number of fused-ring (bicyclic) bond motifs is 1. The number of aryl methyl sites for hydroxylation is 2. The number of aromatic nitrogens is 1. The zero-order valence-corrected chi connectivity index (χ0v) is 18.8. The monoisotopic (exact) mass is 454 g/mol. The van der Waals surface area contributed by atoms with E-state index in [1.807, 2.05) is 0 Å². The fourth-order valence-corrected chi connectivity index (χ4v) is 5.47. The standard InChI is InChI=1S/C22H22N4O3S2/c1-3-7-17-18(4-2)30-22(24-17)25-21(27)14-10-12-15(13-11-14)23-20-16-8-5-6-9-19(16)31(28,29)26-20/h5-6,8-13H,3-4,7H2,1-2H3,(H,23,26)(H,24,25,27). The van der Waals surface area contributed by atoms with E-state index in [9.17, 15) is 13.2 Å². The number of carbonyl (C=O) groups excluding carboxylic acids is 1. The Morgan fingerprint density at radius 3 is 2.52 bits per heavy atom. The van der Waals surface area contributed by atoms with Crippen LogP contribution in [0, 0.1) is 0 Å². The van der Waals surface area contributed by atoms with Crippen LogP contribution >= 0.6 is 11.3 Å². The molecule has 1 aliphatic rings. The number of hydrogen-bond acceptors (Lipinski definition) is 6. The first-order valence-corrected chi connectivity index (χ1v) is 12.3. The number of carbonyl (C=O) groups is 1. The number of rotatable bonds is 6. The third kappa shape index (κ3) is 4.38. The molecule has 1 aromatic heterocycles. The van der Waals surface area contributed by atoms with Gasteiger partial charge in [0.15, 0.2) is 11.0 Å². The third-order valence-corrected chi connectivity index (χ3v) is 7.34. The summed E-state index contributed by atoms with van der Waals surface area (Å²) in [6.07, 6.45) is 2.81. The molecule has 0 radical (unpaired) electrons. The van der Waals surface area contributed by atoms with Crippen molar-refractivity contribution in [3.63, 3.8) is 0 Å². The van der Waals surface area contributed by atoms with Crippen molar-refractivity contribution in [3.05, 3.63) is 70.2 Å². The van der Waals surface area contributed by atoms with Gasteiger partial charge in [-0.3, -0.25) is 10.1 Å². The molecule has 4 rings (SSSR count). The van der Waals surface area contributed by atoms with Gasteiger partial charge in [0.05, 0.1) is 5.69 Å². The smallest absolute Gasteiger partial charge is 0.285 e. The van der Waals surface area contributed by atoms with Crippen molar-refractivity contribution in [2.75, 3.05) is 10.6 Å². The molecule has 0 spiro atoms. The number of sulfonamides is 1. The molecular weight excluding hydrogens is 432 g/mol. The molecule has 3 aromatic rings. The molecule has 0 bridgehead atoms. The molecule has 1 amide bonds. The van der Waals surface area contributed by atoms with Gasteiger partial charge in [0, 0.05) is 21.7 Å². The van der Waals surface area contributed by atoms with Crippen LogP contribution in [0.5, 0.6) is 0 Å². The number of nitrogens with zero attached hydrogens (tertiary/aromatic N) is 2. The molecular formula is C22H22N4O3S2. The highest BCUT2D eigenvalue weighted by Gasteiger charge is 2.28. The Bertz CT molecular complexity index is 1260. The summed E-state index contributed by atoms with van der Waals surface area (Å²) < 4.78 is 28.2. The fraction of sp³-hybridized carbons (Fsp3) is 0.227. The summed E-state index contributed by atoms with van der Waals surface area (Å²) in [7, 11) is -3.68. The molecule has 0 fully saturated rings. The number of benzene rings is 2. The predicted molar refractivity (Wildman–Crippen MR) is 124 cm³/mol. The molecule has 160 valence electrons. The first-order valence-electron chi connectivity index (χ1n) is 10.0. The van der Waals surface area contributed by atoms with Gasteiger partial charge in [0.25, 0.3) is 15.9 Å². The molecule has 1 aliphatic heterocycles. The van der Waals surface area contributed by atoms with Gasteiger partial charge in [-0.25, -0.2) is 4.98 Å². The van der Waals surface area contributed by atoms with Crippen molar-refractivity contribution in [1.29, 1.82) is 0 Å². The largest absolute Gasteiger partial charge is 0.339 e. The summed E-state index contributed by atoms with van der Waals surface area (Å²) in [5.41, 5.74) is 2.70. The van der Waals surface area contributed by atoms with Crippen LogP contribution in [-0.2, 0) is 22.9 Å². The first kappa shape index (κ1) is 21.2. The van der Waals surface area contributed by atoms with E-state index in [0.29, 0.717) is 21.9 Å². The summed E-state index contributed by atoms with van der Waals surface area (Å²) in [4.78, 5) is 18.6. The lowest BCUT2D eigenvalue weighted by Crippen LogP contribution is -2.13. The van der Waals surface area contributed by atoms with Crippen molar-refractivity contribution < 1.29 is 13.2 Å². The molecule has 0 saturated carbocycles. The highest BCUT2D eigenvalue weighted by atomic mass is 32.2. The second kappa shape index (κ2) is 8.60. The zero-order valence-electron chi connectivity index (χ0n) is 17.2. The Balaban J connectivity index is 1.47. The van der Waals surface area contributed by atoms with Gasteiger partial charge in [-0.15, -0.1) is 15.7 Å². The Morgan fingerprint density at radius 2 is 1.81 bits per heavy atom. The Kier molecular flexibility index (Phi) is 5.88. The maximum absolute atomic E-state index is 12.6. The van der Waals surface area contributed by atoms with Gasteiger partial charge >= 0.3 is 0 Å². The van der Waals surface area contributed by atoms with Gasteiger partial charge in [-0.2, -0.15) is 8.42 Å². The number of amidine groups is 1. The molecule has 7 nitrogen and oxygen atoms in total. The van der Waals surface area contributed by atoms with Crippen LogP contribution in [-0.4, -0.2) is 25.1 Å². The summed E-state index contributed by atoms with van der Waals surface area (Å²) in [5, 5.41) is 6.51. The molecule has 9 heteroatoms. The summed E-state index contributed by atoms with van der Waals surface area (Å²) in [5.74, 6) is 0.0308. The van der Waals surface area contributed by atoms with Gasteiger partial charge in [0.1, 0.15) is 4.90 Å². The SMILES string of the molecule is CCCc1nc(NC(=O)c2ccc(NC3=NS(=O)(=O)c4ccccc43)cc2)sc1CC. The van der Waals surface area contributed by atoms with Crippen molar-refractivity contribution >= 4 is 43.9 Å². The second-order valence-corrected chi connectivity index (χ2v) is 9.72. The van der Waals surface area contributed by atoms with Gasteiger partial charge in [0.2, 0.25) is 0 Å². The van der Waals surface area contributed by atoms with E-state index >= 15 is 0 Å². The topological polar surface area (TPSA) is 101 Å². The fourth-order valence-electron chi connectivity index (χ4n) is 3.35. The molecule has 0 saturated heterocycles. The van der Waals surface area contributed by atoms with E-state index < -0.39 is 10.0 Å². The van der Waals surface area contributed by atoms with Crippen molar-refractivity contribution in [1.82, 2.24) is 4.98 Å². The van der Waals surface area contributed by atoms with Gasteiger partial charge < -0.3 is 5.32 Å². The van der Waals surface area contributed by atoms with Crippen LogP contribution in [0.25, 0.3) is 0 Å². The van der Waals surface area contributed by atoms with E-state index in [-0.39, 0.29) is 16.6 Å². The lowest BCUT2D eigenvalue weighted by atomic mass is 10.1. The summed E-state index contributed by atoms with van der Waals surface area (Å²) in [6, 6.07) is 13.4. The van der Waals surface area contributed by atoms with E-state index in [4.69, 9.17) is 0 Å². The highest BCUT2D eigenvalue weighted by molar-refractivity contribution is 7.90. The van der Waals surface area contributed by atoms with Crippen LogP contribution in [0.2, 0.25) is 0 Å². The zero-order chi connectivity index (χ0) is 22.0. The quantitative estimate of drug-likeness (QED) is 0.572. The predicted octanol–water partition coefficient (Wildman–Crippen LogP) is 4.47. The minimum absolute atomic E-state index is 0.186. The van der Waals surface area contributed by atoms with Gasteiger partial charge in [-0.1, -0.05) is 32.4 Å². The van der Waals surface area contributed by atoms with Crippen LogP contribution in [0.1, 0.15) is 46.8 Å². The highest BCUT2D eigenvalue weighted by Crippen LogP contribution is 2.27. The minimum atomic E-state index is -3.68. The molecule has 0 aliphatic carbocycles. The van der Waals surface area contributed by atoms with Crippen molar-refractivity contribution in [3.8, 4) is 0 Å². The van der Waals surface area contributed by atoms with E-state index in [1.54, 1.807) is 42.5 Å². The number of hydrogen-bond donors (Lipinski definition) is 2. The van der Waals surface area contributed by atoms with Gasteiger partial charge in [-0.05, 0) is 49.2 Å². The molecule has 31 heavy (non-hydrogen) atoms. The van der Waals surface area contributed by atoms with E-state index in [1.165, 1.54) is 22.3 Å². The lowest BCUT2D eigenvalue weighted by Gasteiger charge is -2.07. The average Bonchev–Trinajstić information content (AvgIpc) is 3.26. The minimum Gasteiger partial charge on any atom is -0.339 e. The molecule has 0 unspecified atom stereocenters. The Morgan fingerprint density at radius 1 is 1.06 bits per heavy atom. The van der Waals surface area contributed by atoms with Crippen LogP contribution in [0.15, 0.2) is 57.8 Å². The molecule has 2 aromatic carbocycles. The van der Waals surface area contributed by atoms with Crippen LogP contribution in [0.3, 0.4) is 0 Å². The normalized spacial score (nSPS) is 14.1. The molecule has 2 heterocycles. The van der Waals surface area contributed by atoms with Crippen LogP contribution < -0.4 is 10.6 Å². The summed E-state index contributed by atoms with van der Waals surface area (Å²) >= 11 is 1.51. The maximum Gasteiger partial charge on any atom is 0.285 e. The number of thiazole rings is 1. The Labute approximate surface area is 185 Å². The van der Waals surface area contributed by atoms with E-state index in [2.05, 4.69) is 33.9 Å². The second-order valence-electron chi connectivity index (χ2n) is 7.06. The molecule has 2 N–H and O–H groups in total. The Hall–Kier alpha value is -3.04. The molecule has 0 atom stereocenters. The lowest BCUT2D eigenvalue weighted by molar-refractivity contribution is 0.102. The number of anilines is 2. The van der Waals surface area contributed by atoms with E-state index in [0.717, 1.165) is 25.0 Å². The summed E-state index contributed by atoms with van der Waals surface area (Å²) in [6.45, 7) is 4.19. The van der Waals surface area contributed by atoms with Crippen molar-refractivity contribution in [2.24, 2.45) is 4.40 Å². The maximum atomic E-state index is 12.6. The first-order chi connectivity index (χ1) is 14.9. The van der Waals surface area contributed by atoms with Crippen LogP contribution in [0.4, 0.5) is 10.8 Å². The third-order valence-electron chi connectivity index (χ3n) is 4.85. The van der Waals surface area contributed by atoms with Crippen molar-refractivity contribution in [2.45, 2.75) is 38.0 Å². The number of nitrogens with one attached hydrogen (secondary N) is 2.